The molecule has 0 unspecified atom stereocenters. The molecule has 2 fully saturated rings. The van der Waals surface area contributed by atoms with Gasteiger partial charge in [-0.3, -0.25) is 4.79 Å². The van der Waals surface area contributed by atoms with Crippen molar-refractivity contribution in [3.05, 3.63) is 33.8 Å². The topological polar surface area (TPSA) is 41.5 Å². The van der Waals surface area contributed by atoms with Crippen LogP contribution in [0.1, 0.15) is 38.2 Å². The van der Waals surface area contributed by atoms with Crippen LogP contribution in [0, 0.1) is 17.3 Å². The third-order valence-electron chi connectivity index (χ3n) is 4.95. The number of hydrogen-bond acceptors (Lipinski definition) is 2. The molecule has 2 saturated carbocycles. The fourth-order valence-corrected chi connectivity index (χ4v) is 4.15. The summed E-state index contributed by atoms with van der Waals surface area (Å²) in [6, 6.07) is 5.18. The molecule has 0 spiro atoms. The Morgan fingerprint density at radius 3 is 2.90 bits per heavy atom. The number of hydrogen-bond donors (Lipinski definition) is 1. The van der Waals surface area contributed by atoms with Gasteiger partial charge in [0.2, 0.25) is 5.91 Å². The first-order valence-corrected chi connectivity index (χ1v) is 8.06. The molecule has 0 radical (unpaired) electrons. The second-order valence-electron chi connectivity index (χ2n) is 6.24. The lowest BCUT2D eigenvalue weighted by atomic mass is 9.90. The van der Waals surface area contributed by atoms with Crippen molar-refractivity contribution < 1.29 is 4.79 Å². The van der Waals surface area contributed by atoms with Gasteiger partial charge in [0.25, 0.3) is 0 Å². The second kappa shape index (κ2) is 5.62. The van der Waals surface area contributed by atoms with E-state index in [0.29, 0.717) is 16.0 Å². The molecular formula is C16H18Cl2N2O. The third-order valence-corrected chi connectivity index (χ3v) is 5.52. The second-order valence-corrected chi connectivity index (χ2v) is 7.08. The molecule has 3 atom stereocenters. The molecule has 112 valence electrons. The quantitative estimate of drug-likeness (QED) is 0.654. The van der Waals surface area contributed by atoms with Crippen LogP contribution in [-0.2, 0) is 4.79 Å². The van der Waals surface area contributed by atoms with E-state index in [1.165, 1.54) is 19.3 Å². The normalized spacial score (nSPS) is 31.0. The SMILES string of the molecule is C[C@]12CCCC[C@H]1[C@@H]2C(=O)NN=Cc1ccc(Cl)cc1Cl. The molecule has 1 aromatic carbocycles. The molecule has 1 amide bonds. The van der Waals surface area contributed by atoms with E-state index in [1.807, 2.05) is 0 Å². The van der Waals surface area contributed by atoms with Crippen molar-refractivity contribution in [2.45, 2.75) is 32.6 Å². The Hall–Kier alpha value is -1.06. The Morgan fingerprint density at radius 2 is 2.24 bits per heavy atom. The summed E-state index contributed by atoms with van der Waals surface area (Å²) in [6.07, 6.45) is 6.36. The minimum absolute atomic E-state index is 0.0331. The molecular weight excluding hydrogens is 307 g/mol. The number of fused-ring (bicyclic) bond motifs is 1. The molecule has 0 aromatic heterocycles. The lowest BCUT2D eigenvalue weighted by molar-refractivity contribution is -0.123. The number of nitrogens with one attached hydrogen (secondary N) is 1. The van der Waals surface area contributed by atoms with Crippen LogP contribution in [0.2, 0.25) is 10.0 Å². The summed E-state index contributed by atoms with van der Waals surface area (Å²) in [5, 5.41) is 5.13. The van der Waals surface area contributed by atoms with Crippen LogP contribution in [0.5, 0.6) is 0 Å². The van der Waals surface area contributed by atoms with E-state index < -0.39 is 0 Å². The van der Waals surface area contributed by atoms with Gasteiger partial charge in [0.1, 0.15) is 0 Å². The minimum atomic E-state index is 0.0331. The lowest BCUT2D eigenvalue weighted by Crippen LogP contribution is -2.22. The van der Waals surface area contributed by atoms with Crippen LogP contribution in [0.4, 0.5) is 0 Å². The molecule has 1 aromatic rings. The summed E-state index contributed by atoms with van der Waals surface area (Å²) in [4.78, 5) is 12.2. The average Bonchev–Trinajstić information content (AvgIpc) is 3.07. The van der Waals surface area contributed by atoms with Crippen molar-refractivity contribution in [1.82, 2.24) is 5.43 Å². The summed E-state index contributed by atoms with van der Waals surface area (Å²) in [5.41, 5.74) is 3.60. The maximum atomic E-state index is 12.2. The molecule has 2 aliphatic carbocycles. The Kier molecular flexibility index (Phi) is 3.98. The minimum Gasteiger partial charge on any atom is -0.273 e. The zero-order valence-electron chi connectivity index (χ0n) is 11.9. The number of amides is 1. The Balaban J connectivity index is 1.60. The smallest absolute Gasteiger partial charge is 0.244 e. The van der Waals surface area contributed by atoms with Crippen molar-refractivity contribution in [1.29, 1.82) is 0 Å². The standard InChI is InChI=1S/C16H18Cl2N2O/c1-16-7-3-2-4-12(16)14(16)15(21)20-19-9-10-5-6-11(17)8-13(10)18/h5-6,8-9,12,14H,2-4,7H2,1H3,(H,20,21)/t12-,14+,16-/m0/s1. The highest BCUT2D eigenvalue weighted by atomic mass is 35.5. The first kappa shape index (κ1) is 14.9. The number of rotatable bonds is 3. The predicted octanol–water partition coefficient (Wildman–Crippen LogP) is 4.27. The zero-order valence-corrected chi connectivity index (χ0v) is 13.4. The largest absolute Gasteiger partial charge is 0.273 e. The lowest BCUT2D eigenvalue weighted by Gasteiger charge is -2.15. The van der Waals surface area contributed by atoms with Gasteiger partial charge in [-0.05, 0) is 36.3 Å². The molecule has 3 rings (SSSR count). The van der Waals surface area contributed by atoms with Crippen LogP contribution in [0.3, 0.4) is 0 Å². The average molecular weight is 325 g/mol. The van der Waals surface area contributed by atoms with Gasteiger partial charge in [0.05, 0.1) is 11.2 Å². The van der Waals surface area contributed by atoms with Gasteiger partial charge >= 0.3 is 0 Å². The number of carbonyl (C=O) groups excluding carboxylic acids is 1. The number of hydrazone groups is 1. The first-order valence-electron chi connectivity index (χ1n) is 7.30. The molecule has 21 heavy (non-hydrogen) atoms. The van der Waals surface area contributed by atoms with Gasteiger partial charge < -0.3 is 0 Å². The third kappa shape index (κ3) is 2.82. The number of benzene rings is 1. The summed E-state index contributed by atoms with van der Waals surface area (Å²) in [7, 11) is 0. The van der Waals surface area contributed by atoms with E-state index in [0.717, 1.165) is 12.0 Å². The van der Waals surface area contributed by atoms with Gasteiger partial charge in [-0.1, -0.05) is 49.0 Å². The molecule has 0 heterocycles. The molecule has 3 nitrogen and oxygen atoms in total. The van der Waals surface area contributed by atoms with E-state index in [1.54, 1.807) is 24.4 Å². The maximum Gasteiger partial charge on any atom is 0.244 e. The van der Waals surface area contributed by atoms with Crippen molar-refractivity contribution in [3.63, 3.8) is 0 Å². The highest BCUT2D eigenvalue weighted by molar-refractivity contribution is 6.36. The maximum absolute atomic E-state index is 12.2. The van der Waals surface area contributed by atoms with Gasteiger partial charge in [0, 0.05) is 16.5 Å². The summed E-state index contributed by atoms with van der Waals surface area (Å²) >= 11 is 11.9. The summed E-state index contributed by atoms with van der Waals surface area (Å²) in [6.45, 7) is 2.22. The zero-order chi connectivity index (χ0) is 15.0. The first-order chi connectivity index (χ1) is 10.0. The molecule has 2 aliphatic rings. The van der Waals surface area contributed by atoms with Gasteiger partial charge in [-0.15, -0.1) is 0 Å². The molecule has 0 saturated heterocycles. The van der Waals surface area contributed by atoms with Crippen LogP contribution in [-0.4, -0.2) is 12.1 Å². The van der Waals surface area contributed by atoms with Crippen molar-refractivity contribution in [2.24, 2.45) is 22.4 Å². The number of halogens is 2. The van der Waals surface area contributed by atoms with Crippen molar-refractivity contribution in [3.8, 4) is 0 Å². The number of nitrogens with zero attached hydrogens (tertiary/aromatic N) is 1. The highest BCUT2D eigenvalue weighted by Gasteiger charge is 2.64. The van der Waals surface area contributed by atoms with E-state index in [4.69, 9.17) is 23.2 Å². The molecule has 5 heteroatoms. The van der Waals surface area contributed by atoms with Gasteiger partial charge in [-0.25, -0.2) is 5.43 Å². The fraction of sp³-hybridized carbons (Fsp3) is 0.500. The molecule has 0 aliphatic heterocycles. The van der Waals surface area contributed by atoms with Gasteiger partial charge in [-0.2, -0.15) is 5.10 Å². The monoisotopic (exact) mass is 324 g/mol. The summed E-state index contributed by atoms with van der Waals surface area (Å²) in [5.74, 6) is 0.698. The molecule has 1 N–H and O–H groups in total. The van der Waals surface area contributed by atoms with Crippen LogP contribution >= 0.6 is 23.2 Å². The number of carbonyl (C=O) groups is 1. The van der Waals surface area contributed by atoms with Crippen molar-refractivity contribution >= 4 is 35.3 Å². The fourth-order valence-electron chi connectivity index (χ4n) is 3.69. The van der Waals surface area contributed by atoms with Crippen LogP contribution in [0.25, 0.3) is 0 Å². The van der Waals surface area contributed by atoms with E-state index in [9.17, 15) is 4.79 Å². The van der Waals surface area contributed by atoms with E-state index in [-0.39, 0.29) is 17.2 Å². The van der Waals surface area contributed by atoms with Crippen LogP contribution < -0.4 is 5.43 Å². The predicted molar refractivity (Wildman–Crippen MR) is 85.8 cm³/mol. The Labute approximate surface area is 134 Å². The van der Waals surface area contributed by atoms with Gasteiger partial charge in [0.15, 0.2) is 0 Å². The Bertz CT molecular complexity index is 602. The summed E-state index contributed by atoms with van der Waals surface area (Å²) < 4.78 is 0. The Morgan fingerprint density at radius 1 is 1.43 bits per heavy atom. The van der Waals surface area contributed by atoms with E-state index in [2.05, 4.69) is 17.5 Å². The van der Waals surface area contributed by atoms with E-state index >= 15 is 0 Å². The highest BCUT2D eigenvalue weighted by Crippen LogP contribution is 2.66. The van der Waals surface area contributed by atoms with Crippen LogP contribution in [0.15, 0.2) is 23.3 Å². The van der Waals surface area contributed by atoms with Crippen molar-refractivity contribution in [2.75, 3.05) is 0 Å². The molecule has 0 bridgehead atoms.